The predicted octanol–water partition coefficient (Wildman–Crippen LogP) is 2.94. The lowest BCUT2D eigenvalue weighted by Gasteiger charge is -2.29. The Morgan fingerprint density at radius 3 is 2.70 bits per heavy atom. The molecule has 1 heterocycles. The summed E-state index contributed by atoms with van der Waals surface area (Å²) in [5, 5.41) is 3.44. The smallest absolute Gasteiger partial charge is 0.326 e. The maximum Gasteiger partial charge on any atom is 0.326 e. The van der Waals surface area contributed by atoms with E-state index in [0.29, 0.717) is 24.3 Å². The van der Waals surface area contributed by atoms with Gasteiger partial charge < -0.3 is 10.1 Å². The summed E-state index contributed by atoms with van der Waals surface area (Å²) in [6.45, 7) is 5.63. The molecule has 4 rings (SSSR count). The maximum atomic E-state index is 15.9. The summed E-state index contributed by atoms with van der Waals surface area (Å²) in [7, 11) is -4.18. The molecular weight excluding hydrogens is 445 g/mol. The molecule has 1 saturated heterocycles. The van der Waals surface area contributed by atoms with Crippen molar-refractivity contribution in [3.63, 3.8) is 0 Å². The Labute approximate surface area is 194 Å². The zero-order chi connectivity index (χ0) is 23.6. The first kappa shape index (κ1) is 23.5. The second-order valence-electron chi connectivity index (χ2n) is 9.15. The second kappa shape index (κ2) is 9.69. The molecule has 178 valence electrons. The molecule has 2 N–H and O–H groups in total. The number of hydrogen-bond donors (Lipinski definition) is 2. The molecule has 0 bridgehead atoms. The number of aryl methyl sites for hydroxylation is 1. The Morgan fingerprint density at radius 1 is 1.27 bits per heavy atom. The van der Waals surface area contributed by atoms with Gasteiger partial charge >= 0.3 is 10.2 Å². The van der Waals surface area contributed by atoms with Crippen molar-refractivity contribution in [2.24, 2.45) is 11.8 Å². The first-order chi connectivity index (χ1) is 15.7. The van der Waals surface area contributed by atoms with E-state index in [1.54, 1.807) is 6.07 Å². The van der Waals surface area contributed by atoms with Gasteiger partial charge in [0.05, 0.1) is 0 Å². The number of carbonyl (C=O) groups is 1. The molecule has 0 radical (unpaired) electrons. The van der Waals surface area contributed by atoms with Crippen molar-refractivity contribution in [1.82, 2.24) is 10.0 Å². The van der Waals surface area contributed by atoms with Crippen molar-refractivity contribution in [2.75, 3.05) is 23.9 Å². The molecule has 1 unspecified atom stereocenters. The zero-order valence-corrected chi connectivity index (χ0v) is 19.8. The molecule has 7 nitrogen and oxygen atoms in total. The monoisotopic (exact) mass is 475 g/mol. The standard InChI is InChI=1S/C24H30FN3O4S/c1-16(2)12-26-13-18-8-9-19-11-21(32-15-17-6-4-3-5-7-17)24(23(25)20(19)10-18)28-14-22(29)27-33(28,30)31/h3-7,11,16,18,26H,8-10,12-15H2,1-2H3,(H,27,29). The van der Waals surface area contributed by atoms with Gasteiger partial charge in [-0.1, -0.05) is 44.2 Å². The highest BCUT2D eigenvalue weighted by molar-refractivity contribution is 7.92. The molecule has 0 spiro atoms. The van der Waals surface area contributed by atoms with Crippen molar-refractivity contribution in [3.8, 4) is 5.75 Å². The van der Waals surface area contributed by atoms with E-state index in [1.165, 1.54) is 0 Å². The highest BCUT2D eigenvalue weighted by atomic mass is 32.2. The largest absolute Gasteiger partial charge is 0.487 e. The van der Waals surface area contributed by atoms with Crippen LogP contribution in [0.25, 0.3) is 0 Å². The third-order valence-corrected chi connectivity index (χ3v) is 7.38. The van der Waals surface area contributed by atoms with Crippen molar-refractivity contribution < 1.29 is 22.3 Å². The van der Waals surface area contributed by atoms with Crippen LogP contribution < -0.4 is 19.1 Å². The molecule has 2 aromatic rings. The number of nitrogens with zero attached hydrogens (tertiary/aromatic N) is 1. The average Bonchev–Trinajstić information content (AvgIpc) is 3.04. The highest BCUT2D eigenvalue weighted by Gasteiger charge is 2.39. The summed E-state index contributed by atoms with van der Waals surface area (Å²) < 4.78 is 49.7. The van der Waals surface area contributed by atoms with Gasteiger partial charge in [-0.25, -0.2) is 13.4 Å². The van der Waals surface area contributed by atoms with Crippen LogP contribution in [0.1, 0.15) is 37.0 Å². The van der Waals surface area contributed by atoms with E-state index in [9.17, 15) is 13.2 Å². The average molecular weight is 476 g/mol. The molecule has 0 saturated carbocycles. The molecule has 0 aromatic heterocycles. The molecule has 9 heteroatoms. The van der Waals surface area contributed by atoms with Crippen LogP contribution in [0.5, 0.6) is 5.75 Å². The molecule has 1 aliphatic heterocycles. The fourth-order valence-corrected chi connectivity index (χ4v) is 5.53. The van der Waals surface area contributed by atoms with E-state index in [4.69, 9.17) is 4.74 Å². The first-order valence-corrected chi connectivity index (χ1v) is 12.7. The third kappa shape index (κ3) is 5.30. The van der Waals surface area contributed by atoms with Crippen LogP contribution >= 0.6 is 0 Å². The van der Waals surface area contributed by atoms with Gasteiger partial charge in [0.1, 0.15) is 24.6 Å². The number of anilines is 1. The molecule has 33 heavy (non-hydrogen) atoms. The van der Waals surface area contributed by atoms with Gasteiger partial charge in [0, 0.05) is 0 Å². The first-order valence-electron chi connectivity index (χ1n) is 11.3. The zero-order valence-electron chi connectivity index (χ0n) is 18.9. The number of fused-ring (bicyclic) bond motifs is 1. The lowest BCUT2D eigenvalue weighted by molar-refractivity contribution is -0.117. The number of halogens is 1. The molecule has 1 aliphatic carbocycles. The van der Waals surface area contributed by atoms with Crippen LogP contribution in [0.4, 0.5) is 10.1 Å². The van der Waals surface area contributed by atoms with Gasteiger partial charge in [-0.3, -0.25) is 4.79 Å². The lowest BCUT2D eigenvalue weighted by Crippen LogP contribution is -2.32. The van der Waals surface area contributed by atoms with Gasteiger partial charge in [-0.2, -0.15) is 8.42 Å². The van der Waals surface area contributed by atoms with E-state index < -0.39 is 28.5 Å². The third-order valence-electron chi connectivity index (χ3n) is 6.01. The van der Waals surface area contributed by atoms with Crippen LogP contribution in [-0.4, -0.2) is 34.0 Å². The summed E-state index contributed by atoms with van der Waals surface area (Å²) >= 11 is 0. The Balaban J connectivity index is 1.67. The fourth-order valence-electron chi connectivity index (χ4n) is 4.37. The minimum Gasteiger partial charge on any atom is -0.487 e. The van der Waals surface area contributed by atoms with Crippen LogP contribution in [-0.2, 0) is 34.5 Å². The Kier molecular flexibility index (Phi) is 6.90. The Morgan fingerprint density at radius 2 is 2.03 bits per heavy atom. The molecule has 2 aliphatic rings. The molecule has 2 aromatic carbocycles. The molecule has 1 atom stereocenters. The quantitative estimate of drug-likeness (QED) is 0.613. The van der Waals surface area contributed by atoms with E-state index in [-0.39, 0.29) is 24.0 Å². The van der Waals surface area contributed by atoms with Crippen LogP contribution in [0, 0.1) is 17.7 Å². The second-order valence-corrected chi connectivity index (χ2v) is 10.7. The summed E-state index contributed by atoms with van der Waals surface area (Å²) in [5.41, 5.74) is 2.01. The van der Waals surface area contributed by atoms with Crippen molar-refractivity contribution in [2.45, 2.75) is 39.7 Å². The van der Waals surface area contributed by atoms with E-state index in [2.05, 4.69) is 19.2 Å². The fraction of sp³-hybridized carbons (Fsp3) is 0.458. The Bertz CT molecular complexity index is 1120. The van der Waals surface area contributed by atoms with Crippen LogP contribution in [0.3, 0.4) is 0 Å². The van der Waals surface area contributed by atoms with Crippen molar-refractivity contribution >= 4 is 21.8 Å². The molecule has 1 amide bonds. The number of amides is 1. The topological polar surface area (TPSA) is 87.7 Å². The highest BCUT2D eigenvalue weighted by Crippen LogP contribution is 2.41. The molecule has 1 fully saturated rings. The van der Waals surface area contributed by atoms with Crippen LogP contribution in [0.15, 0.2) is 36.4 Å². The lowest BCUT2D eigenvalue weighted by atomic mass is 9.83. The maximum absolute atomic E-state index is 15.9. The summed E-state index contributed by atoms with van der Waals surface area (Å²) in [5.74, 6) is -0.406. The predicted molar refractivity (Wildman–Crippen MR) is 125 cm³/mol. The minimum atomic E-state index is -4.18. The number of nitrogens with one attached hydrogen (secondary N) is 2. The number of hydrogen-bond acceptors (Lipinski definition) is 5. The van der Waals surface area contributed by atoms with Gasteiger partial charge in [0.2, 0.25) is 0 Å². The summed E-state index contributed by atoms with van der Waals surface area (Å²) in [6.07, 6.45) is 2.11. The number of benzene rings is 2. The van der Waals surface area contributed by atoms with Gasteiger partial charge in [0.25, 0.3) is 5.91 Å². The van der Waals surface area contributed by atoms with Gasteiger partial charge in [-0.05, 0) is 66.9 Å². The van der Waals surface area contributed by atoms with E-state index >= 15 is 4.39 Å². The minimum absolute atomic E-state index is 0.131. The SMILES string of the molecule is CC(C)CNCC1CCc2cc(OCc3ccccc3)c(N3CC(=O)NS3(=O)=O)c(F)c2C1. The van der Waals surface area contributed by atoms with E-state index in [0.717, 1.165) is 34.9 Å². The van der Waals surface area contributed by atoms with Crippen molar-refractivity contribution in [1.29, 1.82) is 0 Å². The Hall–Kier alpha value is -2.65. The van der Waals surface area contributed by atoms with Crippen LogP contribution in [0.2, 0.25) is 0 Å². The van der Waals surface area contributed by atoms with Gasteiger partial charge in [0.15, 0.2) is 5.82 Å². The van der Waals surface area contributed by atoms with Crippen molar-refractivity contribution in [3.05, 3.63) is 58.9 Å². The summed E-state index contributed by atoms with van der Waals surface area (Å²) in [4.78, 5) is 11.9. The number of ether oxygens (including phenoxy) is 1. The van der Waals surface area contributed by atoms with Gasteiger partial charge in [-0.15, -0.1) is 0 Å². The summed E-state index contributed by atoms with van der Waals surface area (Å²) in [6, 6.07) is 11.1. The normalized spacial score (nSPS) is 19.5. The van der Waals surface area contributed by atoms with E-state index in [1.807, 2.05) is 35.1 Å². The number of rotatable bonds is 8. The number of carbonyl (C=O) groups excluding carboxylic acids is 1. The molecular formula is C24H30FN3O4S.